The Bertz CT molecular complexity index is 1280. The van der Waals surface area contributed by atoms with Crippen molar-refractivity contribution in [2.45, 2.75) is 207 Å². The first kappa shape index (κ1) is 61.9. The number of hydrogen-bond acceptors (Lipinski definition) is 4. The second-order valence-corrected chi connectivity index (χ2v) is 17.0. The molecule has 364 valence electrons. The molecule has 4 atom stereocenters. The third-order valence-electron chi connectivity index (χ3n) is 11.1. The van der Waals surface area contributed by atoms with Gasteiger partial charge in [0.15, 0.2) is 0 Å². The highest BCUT2D eigenvalue weighted by Crippen LogP contribution is 2.29. The molecule has 8 nitrogen and oxygen atoms in total. The molecule has 0 rings (SSSR count). The van der Waals surface area contributed by atoms with Crippen LogP contribution in [0, 0.1) is 23.7 Å². The summed E-state index contributed by atoms with van der Waals surface area (Å²) in [7, 11) is 0. The van der Waals surface area contributed by atoms with E-state index in [1.165, 1.54) is 77.0 Å². The van der Waals surface area contributed by atoms with Crippen LogP contribution in [0.25, 0.3) is 0 Å². The van der Waals surface area contributed by atoms with Crippen LogP contribution in [-0.4, -0.2) is 44.3 Å². The van der Waals surface area contributed by atoms with Gasteiger partial charge in [-0.1, -0.05) is 189 Å². The second kappa shape index (κ2) is 48.3. The van der Waals surface area contributed by atoms with Crippen molar-refractivity contribution in [3.63, 3.8) is 0 Å². The minimum Gasteiger partial charge on any atom is -0.481 e. The topological polar surface area (TPSA) is 149 Å². The van der Waals surface area contributed by atoms with Gasteiger partial charge in [-0.3, -0.25) is 19.2 Å². The summed E-state index contributed by atoms with van der Waals surface area (Å²) in [6, 6.07) is 0. The van der Waals surface area contributed by atoms with Crippen molar-refractivity contribution in [3.05, 3.63) is 97.2 Å². The Hall–Kier alpha value is -4.20. The quantitative estimate of drug-likeness (QED) is 0.0350. The molecule has 0 aliphatic heterocycles. The van der Waals surface area contributed by atoms with Gasteiger partial charge in [0.2, 0.25) is 0 Å². The van der Waals surface area contributed by atoms with E-state index in [2.05, 4.69) is 101 Å². The number of rotatable bonds is 42. The summed E-state index contributed by atoms with van der Waals surface area (Å²) in [6.45, 7) is 8.84. The van der Waals surface area contributed by atoms with Crippen LogP contribution in [0.3, 0.4) is 0 Å². The van der Waals surface area contributed by atoms with Crippen LogP contribution in [0.15, 0.2) is 97.2 Å². The van der Waals surface area contributed by atoms with E-state index in [9.17, 15) is 19.2 Å². The van der Waals surface area contributed by atoms with E-state index in [-0.39, 0.29) is 25.7 Å². The van der Waals surface area contributed by atoms with Gasteiger partial charge in [0.1, 0.15) is 0 Å². The lowest BCUT2D eigenvalue weighted by Gasteiger charge is -2.22. The first-order chi connectivity index (χ1) is 31.0. The lowest BCUT2D eigenvalue weighted by Crippen LogP contribution is -2.12. The minimum absolute atomic E-state index is 0.204. The van der Waals surface area contributed by atoms with E-state index in [0.717, 1.165) is 51.4 Å². The van der Waals surface area contributed by atoms with Gasteiger partial charge in [-0.05, 0) is 114 Å². The summed E-state index contributed by atoms with van der Waals surface area (Å²) in [4.78, 5) is 43.2. The maximum atomic E-state index is 11.0. The van der Waals surface area contributed by atoms with Crippen molar-refractivity contribution >= 4 is 23.9 Å². The zero-order valence-electron chi connectivity index (χ0n) is 40.8. The number of carbonyl (C=O) groups is 4. The molecule has 64 heavy (non-hydrogen) atoms. The van der Waals surface area contributed by atoms with E-state index < -0.39 is 23.9 Å². The lowest BCUT2D eigenvalue weighted by atomic mass is 9.83. The molecule has 0 amide bonds. The van der Waals surface area contributed by atoms with Crippen LogP contribution >= 0.6 is 0 Å². The van der Waals surface area contributed by atoms with E-state index in [1.807, 2.05) is 24.3 Å². The van der Waals surface area contributed by atoms with E-state index in [1.54, 1.807) is 0 Å². The number of unbranched alkanes of at least 4 members (excludes halogenated alkanes) is 12. The largest absolute Gasteiger partial charge is 0.481 e. The van der Waals surface area contributed by atoms with Crippen LogP contribution < -0.4 is 0 Å². The van der Waals surface area contributed by atoms with Crippen molar-refractivity contribution in [2.24, 2.45) is 23.7 Å². The van der Waals surface area contributed by atoms with Gasteiger partial charge in [-0.2, -0.15) is 0 Å². The molecule has 0 fully saturated rings. The fraction of sp³-hybridized carbons (Fsp3) is 0.643. The smallest absolute Gasteiger partial charge is 0.303 e. The van der Waals surface area contributed by atoms with E-state index in [0.29, 0.717) is 49.4 Å². The Morgan fingerprint density at radius 2 is 0.547 bits per heavy atom. The minimum atomic E-state index is -0.750. The maximum absolute atomic E-state index is 11.0. The van der Waals surface area contributed by atoms with Crippen LogP contribution in [0.1, 0.15) is 207 Å². The SMILES string of the molecule is CCCCC/C=C/C=C/C(CCCC(=O)O)C(/C=C/C=C/CCCC(=O)O)CCCCC.CCCCC/C=C\C=C\C(CCCC(=O)O)C(/C=C/C=C/CCCC(=O)O)CCCCC. The number of aliphatic carboxylic acids is 4. The summed E-state index contributed by atoms with van der Waals surface area (Å²) >= 11 is 0. The molecule has 4 N–H and O–H groups in total. The molecular weight excluding hydrogens is 801 g/mol. The zero-order chi connectivity index (χ0) is 47.7. The van der Waals surface area contributed by atoms with Crippen molar-refractivity contribution in [1.29, 1.82) is 0 Å². The molecule has 0 aliphatic carbocycles. The summed E-state index contributed by atoms with van der Waals surface area (Å²) < 4.78 is 0. The van der Waals surface area contributed by atoms with Gasteiger partial charge in [0.05, 0.1) is 0 Å². The molecule has 0 aliphatic rings. The number of carboxylic acids is 4. The van der Waals surface area contributed by atoms with Gasteiger partial charge >= 0.3 is 23.9 Å². The van der Waals surface area contributed by atoms with Crippen LogP contribution in [0.2, 0.25) is 0 Å². The normalized spacial score (nSPS) is 14.2. The standard InChI is InChI=1S/2C28H46O4/c2*1-3-5-7-8-9-11-15-21-26(22-18-24-28(31)32)25(19-14-6-4-2)20-16-12-10-13-17-23-27(29)30/h2*9-12,15-16,20-21,25-26H,3-8,13-14,17-19,22-24H2,1-2H3,(H,29,30)(H,31,32)/b11-9+,12-10+,20-16+,21-15+;11-9-,12-10+,20-16+,21-15+. The highest BCUT2D eigenvalue weighted by atomic mass is 16.4. The molecule has 0 aromatic rings. The summed E-state index contributed by atoms with van der Waals surface area (Å²) in [5, 5.41) is 35.5. The molecular formula is C56H92O8. The third-order valence-corrected chi connectivity index (χ3v) is 11.1. The van der Waals surface area contributed by atoms with Crippen LogP contribution in [-0.2, 0) is 19.2 Å². The summed E-state index contributed by atoms with van der Waals surface area (Å²) in [5.41, 5.74) is 0. The molecule has 0 saturated carbocycles. The predicted molar refractivity (Wildman–Crippen MR) is 270 cm³/mol. The molecule has 0 spiro atoms. The molecule has 0 radical (unpaired) electrons. The van der Waals surface area contributed by atoms with Gasteiger partial charge in [0, 0.05) is 25.7 Å². The summed E-state index contributed by atoms with van der Waals surface area (Å²) in [5.74, 6) is -1.56. The monoisotopic (exact) mass is 893 g/mol. The molecule has 0 aromatic heterocycles. The molecule has 0 heterocycles. The van der Waals surface area contributed by atoms with Crippen LogP contribution in [0.4, 0.5) is 0 Å². The molecule has 4 unspecified atom stereocenters. The first-order valence-electron chi connectivity index (χ1n) is 25.2. The molecule has 8 heteroatoms. The van der Waals surface area contributed by atoms with E-state index in [4.69, 9.17) is 20.4 Å². The fourth-order valence-corrected chi connectivity index (χ4v) is 7.34. The Kier molecular flexibility index (Phi) is 46.7. The van der Waals surface area contributed by atoms with E-state index >= 15 is 0 Å². The molecule has 0 saturated heterocycles. The number of allylic oxidation sites excluding steroid dienone is 16. The van der Waals surface area contributed by atoms with Crippen molar-refractivity contribution in [2.75, 3.05) is 0 Å². The van der Waals surface area contributed by atoms with Crippen molar-refractivity contribution < 1.29 is 39.6 Å². The predicted octanol–water partition coefficient (Wildman–Crippen LogP) is 16.2. The summed E-state index contributed by atoms with van der Waals surface area (Å²) in [6.07, 6.45) is 60.0. The second-order valence-electron chi connectivity index (χ2n) is 17.0. The molecule has 0 aromatic carbocycles. The van der Waals surface area contributed by atoms with Gasteiger partial charge in [-0.15, -0.1) is 0 Å². The highest BCUT2D eigenvalue weighted by molar-refractivity contribution is 5.67. The van der Waals surface area contributed by atoms with Gasteiger partial charge in [-0.25, -0.2) is 0 Å². The van der Waals surface area contributed by atoms with Crippen molar-refractivity contribution in [3.8, 4) is 0 Å². The average molecular weight is 893 g/mol. The highest BCUT2D eigenvalue weighted by Gasteiger charge is 2.18. The lowest BCUT2D eigenvalue weighted by molar-refractivity contribution is -0.138. The zero-order valence-corrected chi connectivity index (χ0v) is 40.8. The fourth-order valence-electron chi connectivity index (χ4n) is 7.34. The maximum Gasteiger partial charge on any atom is 0.303 e. The third kappa shape index (κ3) is 45.8. The average Bonchev–Trinajstić information content (AvgIpc) is 3.25. The van der Waals surface area contributed by atoms with Crippen LogP contribution in [0.5, 0.6) is 0 Å². The Balaban J connectivity index is 0. The first-order valence-corrected chi connectivity index (χ1v) is 25.2. The number of hydrogen-bond donors (Lipinski definition) is 4. The van der Waals surface area contributed by atoms with Crippen molar-refractivity contribution in [1.82, 2.24) is 0 Å². The number of carboxylic acid groups (broad SMARTS) is 4. The van der Waals surface area contributed by atoms with Gasteiger partial charge < -0.3 is 20.4 Å². The van der Waals surface area contributed by atoms with Gasteiger partial charge in [0.25, 0.3) is 0 Å². The Labute approximate surface area is 390 Å². The molecule has 0 bridgehead atoms. The Morgan fingerprint density at radius 1 is 0.312 bits per heavy atom. The Morgan fingerprint density at radius 3 is 0.812 bits per heavy atom.